The minimum Gasteiger partial charge on any atom is -0.462 e. The molecule has 4 N–H and O–H groups in total. The predicted octanol–water partition coefficient (Wildman–Crippen LogP) is 10.2. The van der Waals surface area contributed by atoms with Crippen LogP contribution in [0, 0.1) is 0 Å². The first-order valence-corrected chi connectivity index (χ1v) is 25.4. The Hall–Kier alpha value is -3.43. The van der Waals surface area contributed by atoms with E-state index >= 15 is 0 Å². The lowest BCUT2D eigenvalue weighted by Crippen LogP contribution is -2.60. The third-order valence-corrected chi connectivity index (χ3v) is 10.9. The highest BCUT2D eigenvalue weighted by Gasteiger charge is 2.46. The van der Waals surface area contributed by atoms with Gasteiger partial charge in [-0.15, -0.1) is 0 Å². The first kappa shape index (κ1) is 58.6. The molecular weight excluding hydrogens is 837 g/mol. The number of aliphatic hydroxyl groups is 3. The van der Waals surface area contributed by atoms with Crippen LogP contribution in [0.1, 0.15) is 155 Å². The third kappa shape index (κ3) is 34.0. The Morgan fingerprint density at radius 1 is 0.547 bits per heavy atom. The first-order valence-electron chi connectivity index (χ1n) is 23.8. The number of carbonyl (C=O) groups is 2. The van der Waals surface area contributed by atoms with Gasteiger partial charge in [-0.3, -0.25) is 14.1 Å². The molecule has 0 amide bonds. The number of esters is 2. The van der Waals surface area contributed by atoms with Crippen LogP contribution in [0.4, 0.5) is 0 Å². The van der Waals surface area contributed by atoms with Gasteiger partial charge in [0, 0.05) is 12.8 Å². The highest BCUT2D eigenvalue weighted by molar-refractivity contribution is 7.85. The highest BCUT2D eigenvalue weighted by Crippen LogP contribution is 2.24. The molecule has 0 bridgehead atoms. The van der Waals surface area contributed by atoms with Gasteiger partial charge in [-0.2, -0.15) is 8.42 Å². The third-order valence-electron chi connectivity index (χ3n) is 10.2. The van der Waals surface area contributed by atoms with E-state index in [0.717, 1.165) is 96.3 Å². The molecule has 12 nitrogen and oxygen atoms in total. The molecule has 1 heterocycles. The second-order valence-electron chi connectivity index (χ2n) is 16.0. The Kier molecular flexibility index (Phi) is 36.5. The highest BCUT2D eigenvalue weighted by atomic mass is 32.2. The van der Waals surface area contributed by atoms with Crippen LogP contribution < -0.4 is 0 Å². The quantitative estimate of drug-likeness (QED) is 0.0199. The summed E-state index contributed by atoms with van der Waals surface area (Å²) in [6.07, 6.45) is 44.5. The van der Waals surface area contributed by atoms with E-state index < -0.39 is 71.2 Å². The molecule has 64 heavy (non-hydrogen) atoms. The number of hydrogen-bond donors (Lipinski definition) is 4. The Labute approximate surface area is 385 Å². The van der Waals surface area contributed by atoms with Gasteiger partial charge in [-0.05, 0) is 83.5 Å². The van der Waals surface area contributed by atoms with Crippen molar-refractivity contribution in [1.29, 1.82) is 0 Å². The van der Waals surface area contributed by atoms with Crippen molar-refractivity contribution < 1.29 is 56.8 Å². The summed E-state index contributed by atoms with van der Waals surface area (Å²) in [6.45, 7) is 3.54. The number of allylic oxidation sites excluding steroid dienone is 16. The lowest BCUT2D eigenvalue weighted by atomic mass is 10.00. The molecule has 0 aromatic carbocycles. The zero-order valence-corrected chi connectivity index (χ0v) is 39.7. The van der Waals surface area contributed by atoms with E-state index in [4.69, 9.17) is 18.9 Å². The van der Waals surface area contributed by atoms with Crippen LogP contribution in [0.2, 0.25) is 0 Å². The summed E-state index contributed by atoms with van der Waals surface area (Å²) in [5.41, 5.74) is 0. The van der Waals surface area contributed by atoms with Crippen LogP contribution in [0.3, 0.4) is 0 Å². The molecule has 2 unspecified atom stereocenters. The van der Waals surface area contributed by atoms with Gasteiger partial charge in [-0.25, -0.2) is 0 Å². The summed E-state index contributed by atoms with van der Waals surface area (Å²) in [5.74, 6) is -2.11. The Bertz CT molecular complexity index is 1540. The molecule has 1 saturated heterocycles. The van der Waals surface area contributed by atoms with Crippen molar-refractivity contribution in [2.24, 2.45) is 0 Å². The SMILES string of the molecule is CC/C=C/C/C=C/C/C=C/C/C=C/C/C=C/C/C=C/CCC(=O)OC[C@H](CO[C@H]1O[C@H](CS(=O)(=O)O)[C@@H](O)C(O)C1O)OC(=O)CCCCCCCCC/C=C/C/C=C/CCCCC. The molecule has 0 radical (unpaired) electrons. The zero-order valence-electron chi connectivity index (χ0n) is 38.8. The fourth-order valence-electron chi connectivity index (χ4n) is 6.50. The number of aliphatic hydroxyl groups excluding tert-OH is 3. The molecule has 0 aromatic rings. The number of ether oxygens (including phenoxy) is 4. The monoisotopic (exact) mass is 919 g/mol. The van der Waals surface area contributed by atoms with Gasteiger partial charge in [0.15, 0.2) is 12.4 Å². The molecular formula is C51H82O12S. The number of carbonyl (C=O) groups excluding carboxylic acids is 2. The van der Waals surface area contributed by atoms with Crippen molar-refractivity contribution in [3.05, 3.63) is 97.2 Å². The van der Waals surface area contributed by atoms with Gasteiger partial charge < -0.3 is 34.3 Å². The maximum Gasteiger partial charge on any atom is 0.306 e. The first-order chi connectivity index (χ1) is 31.0. The standard InChI is InChI=1S/C51H82O12S/c1-3-5-7-9-11-13-15-17-19-21-22-24-25-27-29-31-33-35-37-39-46(52)60-41-44(42-61-51-50(56)49(55)48(54)45(63-51)43-64(57,58)59)62-47(53)40-38-36-34-32-30-28-26-23-20-18-16-14-12-10-8-6-4-2/h5,7,11-14,17-20,22,24,27,29,33,35,44-45,48-51,54-56H,3-4,6,8-10,15-16,21,23,25-26,28,30-32,34,36-43H2,1-2H3,(H,57,58,59)/b7-5+,13-11+,14-12+,19-17+,20-18+,24-22+,29-27+,35-33+/t44-,45-,48-,49?,50?,51+/m1/s1. The minimum absolute atomic E-state index is 0.0864. The summed E-state index contributed by atoms with van der Waals surface area (Å²) in [7, 11) is -4.62. The summed E-state index contributed by atoms with van der Waals surface area (Å²) >= 11 is 0. The number of hydrogen-bond acceptors (Lipinski definition) is 11. The van der Waals surface area contributed by atoms with Crippen LogP contribution in [0.15, 0.2) is 97.2 Å². The largest absolute Gasteiger partial charge is 0.462 e. The average molecular weight is 919 g/mol. The Morgan fingerprint density at radius 2 is 1.02 bits per heavy atom. The lowest BCUT2D eigenvalue weighted by Gasteiger charge is -2.40. The van der Waals surface area contributed by atoms with E-state index in [1.165, 1.54) is 19.3 Å². The molecule has 1 fully saturated rings. The van der Waals surface area contributed by atoms with Crippen LogP contribution >= 0.6 is 0 Å². The predicted molar refractivity (Wildman–Crippen MR) is 256 cm³/mol. The van der Waals surface area contributed by atoms with Gasteiger partial charge >= 0.3 is 11.9 Å². The molecule has 1 aliphatic heterocycles. The van der Waals surface area contributed by atoms with Crippen LogP contribution in [0.5, 0.6) is 0 Å². The van der Waals surface area contributed by atoms with Crippen molar-refractivity contribution in [3.63, 3.8) is 0 Å². The Morgan fingerprint density at radius 3 is 1.53 bits per heavy atom. The van der Waals surface area contributed by atoms with Gasteiger partial charge in [0.2, 0.25) is 0 Å². The van der Waals surface area contributed by atoms with Crippen molar-refractivity contribution in [1.82, 2.24) is 0 Å². The van der Waals surface area contributed by atoms with Gasteiger partial charge in [0.1, 0.15) is 36.8 Å². The van der Waals surface area contributed by atoms with E-state index in [1.54, 1.807) is 0 Å². The molecule has 364 valence electrons. The van der Waals surface area contributed by atoms with Crippen molar-refractivity contribution in [2.45, 2.75) is 192 Å². The zero-order chi connectivity index (χ0) is 46.9. The second kappa shape index (κ2) is 39.9. The molecule has 13 heteroatoms. The molecule has 0 aliphatic carbocycles. The Balaban J connectivity index is 2.49. The minimum atomic E-state index is -4.62. The summed E-state index contributed by atoms with van der Waals surface area (Å²) in [4.78, 5) is 25.4. The van der Waals surface area contributed by atoms with E-state index in [9.17, 15) is 37.9 Å². The maximum atomic E-state index is 12.8. The summed E-state index contributed by atoms with van der Waals surface area (Å²) in [6, 6.07) is 0. The fraction of sp³-hybridized carbons (Fsp3) is 0.647. The van der Waals surface area contributed by atoms with Crippen molar-refractivity contribution in [3.8, 4) is 0 Å². The van der Waals surface area contributed by atoms with Crippen LogP contribution in [-0.2, 0) is 38.7 Å². The van der Waals surface area contributed by atoms with Gasteiger partial charge in [0.25, 0.3) is 10.1 Å². The number of rotatable bonds is 38. The average Bonchev–Trinajstić information content (AvgIpc) is 3.26. The molecule has 6 atom stereocenters. The normalized spacial score (nSPS) is 20.5. The van der Waals surface area contributed by atoms with E-state index in [2.05, 4.69) is 98.9 Å². The fourth-order valence-corrected chi connectivity index (χ4v) is 7.19. The topological polar surface area (TPSA) is 186 Å². The number of unbranched alkanes of at least 4 members (excludes halogenated alkanes) is 10. The second-order valence-corrected chi connectivity index (χ2v) is 17.5. The van der Waals surface area contributed by atoms with Crippen LogP contribution in [0.25, 0.3) is 0 Å². The van der Waals surface area contributed by atoms with E-state index in [-0.39, 0.29) is 19.4 Å². The van der Waals surface area contributed by atoms with E-state index in [1.807, 2.05) is 12.2 Å². The summed E-state index contributed by atoms with van der Waals surface area (Å²) < 4.78 is 54.0. The van der Waals surface area contributed by atoms with Crippen LogP contribution in [-0.4, -0.2) is 96.0 Å². The smallest absolute Gasteiger partial charge is 0.306 e. The maximum absolute atomic E-state index is 12.8. The van der Waals surface area contributed by atoms with Gasteiger partial charge in [0.05, 0.1) is 6.61 Å². The van der Waals surface area contributed by atoms with Gasteiger partial charge in [-0.1, -0.05) is 156 Å². The molecule has 1 rings (SSSR count). The molecule has 0 spiro atoms. The van der Waals surface area contributed by atoms with E-state index in [0.29, 0.717) is 12.8 Å². The van der Waals surface area contributed by atoms with Crippen molar-refractivity contribution >= 4 is 22.1 Å². The molecule has 0 aromatic heterocycles. The van der Waals surface area contributed by atoms with Crippen molar-refractivity contribution in [2.75, 3.05) is 19.0 Å². The lowest BCUT2D eigenvalue weighted by molar-refractivity contribution is -0.297. The molecule has 0 saturated carbocycles. The summed E-state index contributed by atoms with van der Waals surface area (Å²) in [5, 5.41) is 30.9. The molecule has 1 aliphatic rings.